The van der Waals surface area contributed by atoms with E-state index >= 15 is 0 Å². The molecular formula is C10H16N2O3S2. The van der Waals surface area contributed by atoms with Crippen LogP contribution in [-0.4, -0.2) is 40.5 Å². The molecule has 1 heterocycles. The Kier molecular flexibility index (Phi) is 5.23. The molecule has 1 rings (SSSR count). The van der Waals surface area contributed by atoms with Gasteiger partial charge in [0.05, 0.1) is 17.8 Å². The van der Waals surface area contributed by atoms with Gasteiger partial charge >= 0.3 is 0 Å². The first-order chi connectivity index (χ1) is 7.92. The van der Waals surface area contributed by atoms with Crippen molar-refractivity contribution in [3.05, 3.63) is 24.2 Å². The van der Waals surface area contributed by atoms with Gasteiger partial charge in [0.1, 0.15) is 15.7 Å². The predicted molar refractivity (Wildman–Crippen MR) is 70.1 cm³/mol. The number of hydrogen-bond acceptors (Lipinski definition) is 4. The van der Waals surface area contributed by atoms with Gasteiger partial charge in [-0.25, -0.2) is 8.51 Å². The van der Waals surface area contributed by atoms with Gasteiger partial charge < -0.3 is 4.42 Å². The molecule has 17 heavy (non-hydrogen) atoms. The molecule has 1 atom stereocenters. The average Bonchev–Trinajstić information content (AvgIpc) is 2.69. The third-order valence-electron chi connectivity index (χ3n) is 2.00. The Morgan fingerprint density at radius 1 is 1.59 bits per heavy atom. The molecular weight excluding hydrogens is 260 g/mol. The fourth-order valence-corrected chi connectivity index (χ4v) is 2.32. The standard InChI is InChI=1S/C10H16N2O3S2/c1-12(2)17(3,14)11-10(13)8-16-7-9-5-4-6-15-9/h4-6H,7-8H2,1-3H3. The third kappa shape index (κ3) is 4.93. The summed E-state index contributed by atoms with van der Waals surface area (Å²) < 4.78 is 22.1. The molecule has 1 unspecified atom stereocenters. The number of nitrogens with zero attached hydrogens (tertiary/aromatic N) is 2. The number of furan rings is 1. The minimum absolute atomic E-state index is 0.208. The molecule has 1 aromatic heterocycles. The highest BCUT2D eigenvalue weighted by molar-refractivity contribution is 7.99. The third-order valence-corrected chi connectivity index (χ3v) is 4.84. The Bertz CT molecular complexity index is 474. The summed E-state index contributed by atoms with van der Waals surface area (Å²) in [7, 11) is 0.708. The van der Waals surface area contributed by atoms with Crippen LogP contribution in [0.1, 0.15) is 5.76 Å². The van der Waals surface area contributed by atoms with Crippen LogP contribution >= 0.6 is 11.8 Å². The van der Waals surface area contributed by atoms with Crippen LogP contribution in [0.25, 0.3) is 0 Å². The Morgan fingerprint density at radius 2 is 2.29 bits per heavy atom. The summed E-state index contributed by atoms with van der Waals surface area (Å²) in [6.07, 6.45) is 3.04. The molecule has 0 fully saturated rings. The minimum atomic E-state index is -2.56. The van der Waals surface area contributed by atoms with Crippen molar-refractivity contribution in [2.45, 2.75) is 5.75 Å². The highest BCUT2D eigenvalue weighted by Crippen LogP contribution is 2.12. The molecule has 1 aromatic rings. The van der Waals surface area contributed by atoms with Gasteiger partial charge in [0.15, 0.2) is 0 Å². The highest BCUT2D eigenvalue weighted by atomic mass is 32.2. The monoisotopic (exact) mass is 276 g/mol. The van der Waals surface area contributed by atoms with Crippen LogP contribution in [0.5, 0.6) is 0 Å². The summed E-state index contributed by atoms with van der Waals surface area (Å²) in [4.78, 5) is 11.5. The maximum Gasteiger partial charge on any atom is 0.264 e. The van der Waals surface area contributed by atoms with E-state index in [0.717, 1.165) is 5.76 Å². The smallest absolute Gasteiger partial charge is 0.264 e. The van der Waals surface area contributed by atoms with Crippen molar-refractivity contribution in [1.29, 1.82) is 0 Å². The van der Waals surface area contributed by atoms with Crippen LogP contribution in [0, 0.1) is 0 Å². The molecule has 0 aromatic carbocycles. The van der Waals surface area contributed by atoms with Crippen molar-refractivity contribution < 1.29 is 13.4 Å². The van der Waals surface area contributed by atoms with Crippen LogP contribution in [0.15, 0.2) is 27.2 Å². The Labute approximate surface area is 106 Å². The first-order valence-corrected chi connectivity index (χ1v) is 7.98. The summed E-state index contributed by atoms with van der Waals surface area (Å²) in [6, 6.07) is 3.64. The molecule has 0 radical (unpaired) electrons. The van der Waals surface area contributed by atoms with E-state index in [0.29, 0.717) is 5.75 Å². The lowest BCUT2D eigenvalue weighted by atomic mass is 10.5. The molecule has 0 saturated heterocycles. The number of carbonyl (C=O) groups is 1. The van der Waals surface area contributed by atoms with E-state index in [-0.39, 0.29) is 11.7 Å². The van der Waals surface area contributed by atoms with Gasteiger partial charge in [-0.05, 0) is 12.1 Å². The second kappa shape index (κ2) is 6.23. The van der Waals surface area contributed by atoms with Gasteiger partial charge in [0.2, 0.25) is 0 Å². The van der Waals surface area contributed by atoms with Crippen molar-refractivity contribution in [3.63, 3.8) is 0 Å². The second-order valence-electron chi connectivity index (χ2n) is 3.63. The SMILES string of the molecule is CN(C)S(C)(=O)=NC(=O)CSCc1ccco1. The second-order valence-corrected chi connectivity index (χ2v) is 7.06. The van der Waals surface area contributed by atoms with Gasteiger partial charge in [0, 0.05) is 20.4 Å². The summed E-state index contributed by atoms with van der Waals surface area (Å²) in [5.41, 5.74) is 0. The summed E-state index contributed by atoms with van der Waals surface area (Å²) in [5.74, 6) is 1.27. The molecule has 0 spiro atoms. The van der Waals surface area contributed by atoms with Crippen molar-refractivity contribution in [2.75, 3.05) is 26.1 Å². The largest absolute Gasteiger partial charge is 0.468 e. The Hall–Kier alpha value is -0.790. The fraction of sp³-hybridized carbons (Fsp3) is 0.500. The molecule has 0 saturated carbocycles. The molecule has 96 valence electrons. The minimum Gasteiger partial charge on any atom is -0.468 e. The first kappa shape index (κ1) is 14.3. The lowest BCUT2D eigenvalue weighted by molar-refractivity contribution is -0.115. The molecule has 0 aliphatic heterocycles. The molecule has 0 aliphatic carbocycles. The molecule has 0 aliphatic rings. The number of amides is 1. The number of hydrogen-bond donors (Lipinski definition) is 0. The van der Waals surface area contributed by atoms with Crippen LogP contribution in [-0.2, 0) is 20.5 Å². The van der Waals surface area contributed by atoms with E-state index in [2.05, 4.69) is 4.36 Å². The lowest BCUT2D eigenvalue weighted by Gasteiger charge is -2.10. The number of thioether (sulfide) groups is 1. The zero-order valence-electron chi connectivity index (χ0n) is 10.1. The maximum absolute atomic E-state index is 11.8. The van der Waals surface area contributed by atoms with Gasteiger partial charge in [-0.3, -0.25) is 4.79 Å². The van der Waals surface area contributed by atoms with Crippen molar-refractivity contribution in [1.82, 2.24) is 4.31 Å². The van der Waals surface area contributed by atoms with Crippen LogP contribution in [0.2, 0.25) is 0 Å². The zero-order valence-corrected chi connectivity index (χ0v) is 11.7. The van der Waals surface area contributed by atoms with E-state index in [9.17, 15) is 9.00 Å². The van der Waals surface area contributed by atoms with Crippen LogP contribution in [0.4, 0.5) is 0 Å². The van der Waals surface area contributed by atoms with Crippen molar-refractivity contribution in [3.8, 4) is 0 Å². The average molecular weight is 276 g/mol. The van der Waals surface area contributed by atoms with Crippen molar-refractivity contribution in [2.24, 2.45) is 4.36 Å². The van der Waals surface area contributed by atoms with Gasteiger partial charge in [-0.2, -0.15) is 0 Å². The van der Waals surface area contributed by atoms with Gasteiger partial charge in [0.25, 0.3) is 5.91 Å². The van der Waals surface area contributed by atoms with Gasteiger partial charge in [-0.1, -0.05) is 0 Å². The maximum atomic E-state index is 11.8. The van der Waals surface area contributed by atoms with E-state index in [1.54, 1.807) is 26.4 Å². The van der Waals surface area contributed by atoms with Crippen LogP contribution < -0.4 is 0 Å². The van der Waals surface area contributed by atoms with Crippen molar-refractivity contribution >= 4 is 27.6 Å². The van der Waals surface area contributed by atoms with E-state index < -0.39 is 9.92 Å². The molecule has 1 amide bonds. The Balaban J connectivity index is 2.43. The fourth-order valence-electron chi connectivity index (χ4n) is 0.931. The summed E-state index contributed by atoms with van der Waals surface area (Å²) in [6.45, 7) is 0. The zero-order chi connectivity index (χ0) is 12.9. The summed E-state index contributed by atoms with van der Waals surface area (Å²) in [5, 5.41) is 0. The van der Waals surface area contributed by atoms with E-state index in [4.69, 9.17) is 4.42 Å². The van der Waals surface area contributed by atoms with E-state index in [1.165, 1.54) is 22.3 Å². The van der Waals surface area contributed by atoms with E-state index in [1.807, 2.05) is 6.07 Å². The first-order valence-electron chi connectivity index (χ1n) is 4.94. The molecule has 0 N–H and O–H groups in total. The van der Waals surface area contributed by atoms with Crippen LogP contribution in [0.3, 0.4) is 0 Å². The van der Waals surface area contributed by atoms with Gasteiger partial charge in [-0.15, -0.1) is 16.1 Å². The topological polar surface area (TPSA) is 62.9 Å². The predicted octanol–water partition coefficient (Wildman–Crippen LogP) is 1.61. The molecule has 7 heteroatoms. The number of rotatable bonds is 5. The summed E-state index contributed by atoms with van der Waals surface area (Å²) >= 11 is 1.39. The molecule has 5 nitrogen and oxygen atoms in total. The highest BCUT2D eigenvalue weighted by Gasteiger charge is 2.08. The molecule has 0 bridgehead atoms. The Morgan fingerprint density at radius 3 is 2.82 bits per heavy atom. The quantitative estimate of drug-likeness (QED) is 0.819. The normalized spacial score (nSPS) is 14.6. The lowest BCUT2D eigenvalue weighted by Crippen LogP contribution is -2.21. The number of carbonyl (C=O) groups excluding carboxylic acids is 1.